The predicted molar refractivity (Wildman–Crippen MR) is 326 cm³/mol. The first kappa shape index (κ1) is 73.7. The van der Waals surface area contributed by atoms with Gasteiger partial charge >= 0.3 is 19.8 Å². The van der Waals surface area contributed by atoms with Crippen LogP contribution in [0.15, 0.2) is 60.8 Å². The number of carbonyl (C=O) groups excluding carboxylic acids is 2. The monoisotopic (exact) mass is 1090 g/mol. The minimum absolute atomic E-state index is 0.0336. The molecule has 0 radical (unpaired) electrons. The molecule has 1 N–H and O–H groups in total. The number of nitrogens with zero attached hydrogens (tertiary/aromatic N) is 1. The van der Waals surface area contributed by atoms with Crippen LogP contribution in [0.4, 0.5) is 0 Å². The number of phosphoric ester groups is 1. The second kappa shape index (κ2) is 57.4. The fourth-order valence-electron chi connectivity index (χ4n) is 9.16. The zero-order chi connectivity index (χ0) is 55.6. The van der Waals surface area contributed by atoms with Crippen molar-refractivity contribution < 1.29 is 42.1 Å². The number of hydrogen-bond donors (Lipinski definition) is 1. The van der Waals surface area contributed by atoms with Crippen molar-refractivity contribution in [3.8, 4) is 0 Å². The first-order chi connectivity index (χ1) is 37.0. The Morgan fingerprint density at radius 1 is 0.421 bits per heavy atom. The Bertz CT molecular complexity index is 1470. The molecule has 0 aliphatic carbocycles. The number of rotatable bonds is 59. The number of quaternary nitrogens is 1. The Morgan fingerprint density at radius 2 is 0.750 bits per heavy atom. The first-order valence-corrected chi connectivity index (χ1v) is 33.5. The minimum atomic E-state index is -4.38. The van der Waals surface area contributed by atoms with E-state index in [2.05, 4.69) is 74.6 Å². The summed E-state index contributed by atoms with van der Waals surface area (Å²) in [4.78, 5) is 35.7. The van der Waals surface area contributed by atoms with Crippen molar-refractivity contribution in [2.45, 2.75) is 302 Å². The van der Waals surface area contributed by atoms with Gasteiger partial charge in [-0.1, -0.05) is 286 Å². The molecular weight excluding hydrogens is 966 g/mol. The lowest BCUT2D eigenvalue weighted by atomic mass is 10.0. The smallest absolute Gasteiger partial charge is 0.462 e. The summed E-state index contributed by atoms with van der Waals surface area (Å²) in [5.74, 6) is -0.781. The van der Waals surface area contributed by atoms with E-state index in [0.29, 0.717) is 23.9 Å². The van der Waals surface area contributed by atoms with Crippen LogP contribution in [0.25, 0.3) is 0 Å². The average Bonchev–Trinajstić information content (AvgIpc) is 3.38. The topological polar surface area (TPSA) is 108 Å². The molecule has 0 saturated heterocycles. The van der Waals surface area contributed by atoms with Gasteiger partial charge in [0.2, 0.25) is 0 Å². The summed E-state index contributed by atoms with van der Waals surface area (Å²) in [6.45, 7) is 4.37. The van der Waals surface area contributed by atoms with E-state index < -0.39 is 26.5 Å². The Labute approximate surface area is 470 Å². The van der Waals surface area contributed by atoms with Crippen LogP contribution in [0.5, 0.6) is 0 Å². The molecule has 0 spiro atoms. The molecule has 0 fully saturated rings. The standard InChI is InChI=1S/C66H122NO8P/c1-6-8-10-12-14-16-18-20-22-24-25-26-27-28-29-30-31-32-33-34-35-36-37-38-39-40-41-43-45-47-49-51-53-55-57-59-66(69)75-64(63-74-76(70,71)73-61-60-67(3,4)5)62-72-65(68)58-56-54-52-50-48-46-44-42-23-21-19-17-15-13-11-9-7-2/h8,10,14,16,20,22,25-26,28-29,64H,6-7,9,11-13,15,17-19,21,23-24,27,30-63H2,1-5H3/p+1/b10-8-,16-14-,22-20-,26-25-,29-28-. The Morgan fingerprint density at radius 3 is 1.12 bits per heavy atom. The van der Waals surface area contributed by atoms with Gasteiger partial charge in [0, 0.05) is 12.8 Å². The Balaban J connectivity index is 3.99. The van der Waals surface area contributed by atoms with Crippen molar-refractivity contribution in [2.75, 3.05) is 47.5 Å². The number of ether oxygens (including phenoxy) is 2. The summed E-state index contributed by atoms with van der Waals surface area (Å²) in [6.07, 6.45) is 74.5. The van der Waals surface area contributed by atoms with Crippen LogP contribution in [-0.2, 0) is 32.7 Å². The third-order valence-electron chi connectivity index (χ3n) is 14.1. The fourth-order valence-corrected chi connectivity index (χ4v) is 9.90. The summed E-state index contributed by atoms with van der Waals surface area (Å²) in [5, 5.41) is 0. The van der Waals surface area contributed by atoms with Crippen molar-refractivity contribution in [3.05, 3.63) is 60.8 Å². The van der Waals surface area contributed by atoms with Gasteiger partial charge in [-0.25, -0.2) is 4.57 Å². The SMILES string of the molecule is CC/C=C\C/C=C\C/C=C\C/C=C\C/C=C\CCCCCCCCCCCCCCCCCCCCCC(=O)OC(COC(=O)CCCCCCCCCCCCCCCCCCC)COP(=O)(O)OCC[N+](C)(C)C. The van der Waals surface area contributed by atoms with Crippen LogP contribution in [0.3, 0.4) is 0 Å². The summed E-state index contributed by atoms with van der Waals surface area (Å²) in [6, 6.07) is 0. The van der Waals surface area contributed by atoms with E-state index >= 15 is 0 Å². The molecule has 0 saturated carbocycles. The van der Waals surface area contributed by atoms with Crippen LogP contribution >= 0.6 is 7.82 Å². The molecule has 0 aromatic carbocycles. The highest BCUT2D eigenvalue weighted by Gasteiger charge is 2.27. The van der Waals surface area contributed by atoms with Gasteiger partial charge in [0.15, 0.2) is 6.10 Å². The van der Waals surface area contributed by atoms with E-state index in [1.807, 2.05) is 21.1 Å². The zero-order valence-electron chi connectivity index (χ0n) is 50.5. The van der Waals surface area contributed by atoms with Gasteiger partial charge < -0.3 is 18.9 Å². The van der Waals surface area contributed by atoms with E-state index in [1.165, 1.54) is 199 Å². The van der Waals surface area contributed by atoms with Crippen LogP contribution in [-0.4, -0.2) is 74.9 Å². The summed E-state index contributed by atoms with van der Waals surface area (Å²) in [7, 11) is 1.49. The van der Waals surface area contributed by atoms with Gasteiger partial charge in [-0.15, -0.1) is 0 Å². The largest absolute Gasteiger partial charge is 0.472 e. The van der Waals surface area contributed by atoms with Gasteiger partial charge in [0.25, 0.3) is 0 Å². The first-order valence-electron chi connectivity index (χ1n) is 32.0. The zero-order valence-corrected chi connectivity index (χ0v) is 51.4. The molecule has 0 rings (SSSR count). The lowest BCUT2D eigenvalue weighted by Gasteiger charge is -2.24. The molecule has 0 bridgehead atoms. The molecule has 444 valence electrons. The summed E-state index contributed by atoms with van der Waals surface area (Å²) < 4.78 is 34.6. The van der Waals surface area contributed by atoms with Crippen molar-refractivity contribution >= 4 is 19.8 Å². The molecule has 0 aromatic rings. The number of unbranched alkanes of at least 4 members (excludes halogenated alkanes) is 35. The van der Waals surface area contributed by atoms with Gasteiger partial charge in [0.05, 0.1) is 27.7 Å². The molecule has 2 unspecified atom stereocenters. The van der Waals surface area contributed by atoms with Crippen molar-refractivity contribution in [3.63, 3.8) is 0 Å². The molecule has 76 heavy (non-hydrogen) atoms. The highest BCUT2D eigenvalue weighted by atomic mass is 31.2. The average molecular weight is 1090 g/mol. The second-order valence-electron chi connectivity index (χ2n) is 22.8. The molecule has 0 heterocycles. The normalized spacial score (nSPS) is 13.6. The van der Waals surface area contributed by atoms with Crippen molar-refractivity contribution in [2.24, 2.45) is 0 Å². The lowest BCUT2D eigenvalue weighted by Crippen LogP contribution is -2.37. The Kier molecular flexibility index (Phi) is 55.7. The molecule has 0 aliphatic rings. The number of esters is 2. The molecule has 9 nitrogen and oxygen atoms in total. The van der Waals surface area contributed by atoms with Crippen molar-refractivity contribution in [1.82, 2.24) is 0 Å². The molecule has 0 aromatic heterocycles. The number of allylic oxidation sites excluding steroid dienone is 10. The number of likely N-dealkylation sites (N-methyl/N-ethyl adjacent to an activating group) is 1. The Hall–Kier alpha value is -2.29. The third kappa shape index (κ3) is 60.9. The van der Waals surface area contributed by atoms with Gasteiger partial charge in [-0.2, -0.15) is 0 Å². The molecule has 0 amide bonds. The minimum Gasteiger partial charge on any atom is -0.462 e. The quantitative estimate of drug-likeness (QED) is 0.0211. The fraction of sp³-hybridized carbons (Fsp3) is 0.818. The highest BCUT2D eigenvalue weighted by molar-refractivity contribution is 7.47. The van der Waals surface area contributed by atoms with E-state index in [0.717, 1.165) is 64.2 Å². The summed E-state index contributed by atoms with van der Waals surface area (Å²) in [5.41, 5.74) is 0. The van der Waals surface area contributed by atoms with E-state index in [4.69, 9.17) is 18.5 Å². The summed E-state index contributed by atoms with van der Waals surface area (Å²) >= 11 is 0. The van der Waals surface area contributed by atoms with Crippen LogP contribution in [0.2, 0.25) is 0 Å². The van der Waals surface area contributed by atoms with Crippen LogP contribution in [0, 0.1) is 0 Å². The molecule has 10 heteroatoms. The second-order valence-corrected chi connectivity index (χ2v) is 24.2. The maximum atomic E-state index is 12.8. The maximum absolute atomic E-state index is 12.8. The molecule has 0 aliphatic heterocycles. The molecule has 2 atom stereocenters. The van der Waals surface area contributed by atoms with E-state index in [9.17, 15) is 19.0 Å². The third-order valence-corrected chi connectivity index (χ3v) is 15.0. The van der Waals surface area contributed by atoms with Crippen LogP contribution in [0.1, 0.15) is 296 Å². The lowest BCUT2D eigenvalue weighted by molar-refractivity contribution is -0.870. The van der Waals surface area contributed by atoms with Crippen molar-refractivity contribution in [1.29, 1.82) is 0 Å². The van der Waals surface area contributed by atoms with Gasteiger partial charge in [-0.05, 0) is 57.8 Å². The highest BCUT2D eigenvalue weighted by Crippen LogP contribution is 2.43. The van der Waals surface area contributed by atoms with Gasteiger partial charge in [-0.3, -0.25) is 18.6 Å². The number of carbonyl (C=O) groups is 2. The molecular formula is C66H123NO8P+. The van der Waals surface area contributed by atoms with Gasteiger partial charge in [0.1, 0.15) is 19.8 Å². The maximum Gasteiger partial charge on any atom is 0.472 e. The predicted octanol–water partition coefficient (Wildman–Crippen LogP) is 20.3. The number of phosphoric acid groups is 1. The van der Waals surface area contributed by atoms with Crippen LogP contribution < -0.4 is 0 Å². The van der Waals surface area contributed by atoms with E-state index in [1.54, 1.807) is 0 Å². The van der Waals surface area contributed by atoms with E-state index in [-0.39, 0.29) is 25.6 Å². The number of hydrogen-bond acceptors (Lipinski definition) is 7.